The normalized spacial score (nSPS) is 9.27. The van der Waals surface area contributed by atoms with E-state index in [1.54, 1.807) is 0 Å². The lowest BCUT2D eigenvalue weighted by molar-refractivity contribution is -0.134. The monoisotopic (exact) mass is 218 g/mol. The second-order valence-corrected chi connectivity index (χ2v) is 3.72. The summed E-state index contributed by atoms with van der Waals surface area (Å²) in [6.07, 6.45) is 10.4. The third-order valence-corrected chi connectivity index (χ3v) is 2.01. The summed E-state index contributed by atoms with van der Waals surface area (Å²) < 4.78 is 0. The Morgan fingerprint density at radius 3 is 1.60 bits per heavy atom. The minimum absolute atomic E-state index is 0.370. The smallest absolute Gasteiger partial charge is 0.300 e. The van der Waals surface area contributed by atoms with Crippen LogP contribution in [-0.4, -0.2) is 22.8 Å². The van der Waals surface area contributed by atoms with Crippen molar-refractivity contribution in [1.82, 2.24) is 0 Å². The van der Waals surface area contributed by atoms with E-state index in [-0.39, 0.29) is 0 Å². The van der Waals surface area contributed by atoms with Crippen molar-refractivity contribution >= 4 is 5.97 Å². The third-order valence-electron chi connectivity index (χ3n) is 2.01. The van der Waals surface area contributed by atoms with Crippen molar-refractivity contribution in [3.63, 3.8) is 0 Å². The van der Waals surface area contributed by atoms with Gasteiger partial charge in [-0.1, -0.05) is 51.9 Å². The van der Waals surface area contributed by atoms with Gasteiger partial charge in [0.15, 0.2) is 0 Å². The van der Waals surface area contributed by atoms with Crippen molar-refractivity contribution in [1.29, 1.82) is 0 Å². The number of hydrogen-bond donors (Lipinski definition) is 2. The fraction of sp³-hybridized carbons (Fsp3) is 0.917. The Labute approximate surface area is 93.5 Å². The fourth-order valence-corrected chi connectivity index (χ4v) is 1.25. The van der Waals surface area contributed by atoms with E-state index in [0.29, 0.717) is 6.61 Å². The summed E-state index contributed by atoms with van der Waals surface area (Å²) in [5.74, 6) is -0.833. The van der Waals surface area contributed by atoms with Gasteiger partial charge in [-0.25, -0.2) is 0 Å². The molecule has 0 aliphatic heterocycles. The lowest BCUT2D eigenvalue weighted by atomic mass is 10.1. The summed E-state index contributed by atoms with van der Waals surface area (Å²) in [4.78, 5) is 9.00. The van der Waals surface area contributed by atoms with Gasteiger partial charge in [-0.05, 0) is 6.42 Å². The van der Waals surface area contributed by atoms with Crippen LogP contribution in [0.3, 0.4) is 0 Å². The molecule has 0 aliphatic rings. The Morgan fingerprint density at radius 2 is 1.27 bits per heavy atom. The van der Waals surface area contributed by atoms with E-state index in [1.165, 1.54) is 44.9 Å². The Kier molecular flexibility index (Phi) is 17.8. The molecule has 0 amide bonds. The average Bonchev–Trinajstić information content (AvgIpc) is 2.16. The zero-order chi connectivity index (χ0) is 11.9. The molecule has 0 saturated carbocycles. The summed E-state index contributed by atoms with van der Waals surface area (Å²) in [6.45, 7) is 3.70. The summed E-state index contributed by atoms with van der Waals surface area (Å²) in [5.41, 5.74) is 0. The molecule has 0 rings (SSSR count). The molecule has 0 aliphatic carbocycles. The number of aliphatic hydroxyl groups is 1. The molecule has 0 radical (unpaired) electrons. The van der Waals surface area contributed by atoms with Gasteiger partial charge in [0.25, 0.3) is 5.97 Å². The number of rotatable bonds is 8. The van der Waals surface area contributed by atoms with E-state index in [1.807, 2.05) is 0 Å². The maximum absolute atomic E-state index is 9.00. The van der Waals surface area contributed by atoms with Crippen LogP contribution in [0.1, 0.15) is 65.2 Å². The van der Waals surface area contributed by atoms with Gasteiger partial charge in [0.05, 0.1) is 0 Å². The first-order chi connectivity index (χ1) is 7.15. The number of hydrogen-bond acceptors (Lipinski definition) is 2. The lowest BCUT2D eigenvalue weighted by Gasteiger charge is -1.98. The van der Waals surface area contributed by atoms with Crippen LogP contribution in [-0.2, 0) is 4.79 Å². The van der Waals surface area contributed by atoms with Crippen LogP contribution >= 0.6 is 0 Å². The van der Waals surface area contributed by atoms with E-state index < -0.39 is 5.97 Å². The van der Waals surface area contributed by atoms with Crippen molar-refractivity contribution in [3.8, 4) is 0 Å². The van der Waals surface area contributed by atoms with Crippen molar-refractivity contribution in [2.75, 3.05) is 6.61 Å². The molecule has 15 heavy (non-hydrogen) atoms. The zero-order valence-corrected chi connectivity index (χ0v) is 10.2. The van der Waals surface area contributed by atoms with Crippen molar-refractivity contribution in [3.05, 3.63) is 0 Å². The lowest BCUT2D eigenvalue weighted by Crippen LogP contribution is -1.83. The summed E-state index contributed by atoms with van der Waals surface area (Å²) in [7, 11) is 0. The van der Waals surface area contributed by atoms with Crippen molar-refractivity contribution in [2.45, 2.75) is 65.2 Å². The van der Waals surface area contributed by atoms with Crippen molar-refractivity contribution in [2.24, 2.45) is 0 Å². The highest BCUT2D eigenvalue weighted by atomic mass is 16.4. The topological polar surface area (TPSA) is 57.5 Å². The fourth-order valence-electron chi connectivity index (χ4n) is 1.25. The van der Waals surface area contributed by atoms with Gasteiger partial charge in [0.1, 0.15) is 0 Å². The van der Waals surface area contributed by atoms with Crippen molar-refractivity contribution < 1.29 is 15.0 Å². The summed E-state index contributed by atoms with van der Waals surface area (Å²) >= 11 is 0. The van der Waals surface area contributed by atoms with Gasteiger partial charge in [-0.15, -0.1) is 0 Å². The first-order valence-electron chi connectivity index (χ1n) is 5.95. The van der Waals surface area contributed by atoms with Crippen LogP contribution in [0.5, 0.6) is 0 Å². The quantitative estimate of drug-likeness (QED) is 0.615. The number of aliphatic hydroxyl groups excluding tert-OH is 1. The minimum Gasteiger partial charge on any atom is -0.481 e. The third kappa shape index (κ3) is 31.8. The van der Waals surface area contributed by atoms with Gasteiger partial charge in [-0.2, -0.15) is 0 Å². The second kappa shape index (κ2) is 15.9. The molecule has 0 aromatic heterocycles. The van der Waals surface area contributed by atoms with Gasteiger partial charge in [0, 0.05) is 13.5 Å². The Bertz CT molecular complexity index is 112. The van der Waals surface area contributed by atoms with Gasteiger partial charge in [-0.3, -0.25) is 4.79 Å². The molecule has 92 valence electrons. The van der Waals surface area contributed by atoms with Gasteiger partial charge < -0.3 is 10.2 Å². The predicted octanol–water partition coefficient (Wildman–Crippen LogP) is 3.21. The molecule has 0 atom stereocenters. The van der Waals surface area contributed by atoms with Gasteiger partial charge in [0.2, 0.25) is 0 Å². The van der Waals surface area contributed by atoms with Crippen LogP contribution in [0.15, 0.2) is 0 Å². The molecular weight excluding hydrogens is 192 g/mol. The second-order valence-electron chi connectivity index (χ2n) is 3.72. The largest absolute Gasteiger partial charge is 0.481 e. The Morgan fingerprint density at radius 1 is 0.933 bits per heavy atom. The van der Waals surface area contributed by atoms with Crippen LogP contribution in [0.2, 0.25) is 0 Å². The Balaban J connectivity index is 0. The van der Waals surface area contributed by atoms with E-state index in [4.69, 9.17) is 15.0 Å². The van der Waals surface area contributed by atoms with E-state index in [0.717, 1.165) is 13.3 Å². The Hall–Kier alpha value is -0.570. The number of carbonyl (C=O) groups is 1. The average molecular weight is 218 g/mol. The molecule has 0 unspecified atom stereocenters. The minimum atomic E-state index is -0.833. The standard InChI is InChI=1S/C10H22O.C2H4O2/c1-2-3-4-5-6-7-8-9-10-11;1-2(3)4/h11H,2-10H2,1H3;1H3,(H,3,4). The van der Waals surface area contributed by atoms with Crippen LogP contribution < -0.4 is 0 Å². The first kappa shape index (κ1) is 16.8. The number of carboxylic acid groups (broad SMARTS) is 1. The van der Waals surface area contributed by atoms with E-state index in [9.17, 15) is 0 Å². The molecule has 0 spiro atoms. The molecule has 0 saturated heterocycles. The van der Waals surface area contributed by atoms with Crippen LogP contribution in [0.25, 0.3) is 0 Å². The zero-order valence-electron chi connectivity index (χ0n) is 10.2. The summed E-state index contributed by atoms with van der Waals surface area (Å²) in [6, 6.07) is 0. The summed E-state index contributed by atoms with van der Waals surface area (Å²) in [5, 5.41) is 15.9. The predicted molar refractivity (Wildman–Crippen MR) is 63.0 cm³/mol. The van der Waals surface area contributed by atoms with E-state index >= 15 is 0 Å². The highest BCUT2D eigenvalue weighted by Crippen LogP contribution is 2.07. The molecule has 0 aromatic carbocycles. The molecule has 0 fully saturated rings. The highest BCUT2D eigenvalue weighted by Gasteiger charge is 1.89. The highest BCUT2D eigenvalue weighted by molar-refractivity contribution is 5.62. The SMILES string of the molecule is CC(=O)O.CCCCCCCCCCO. The van der Waals surface area contributed by atoms with Crippen LogP contribution in [0, 0.1) is 0 Å². The number of aliphatic carboxylic acids is 1. The first-order valence-corrected chi connectivity index (χ1v) is 5.95. The maximum atomic E-state index is 9.00. The molecule has 0 aromatic rings. The molecule has 3 heteroatoms. The molecule has 0 heterocycles. The van der Waals surface area contributed by atoms with Gasteiger partial charge >= 0.3 is 0 Å². The van der Waals surface area contributed by atoms with E-state index in [2.05, 4.69) is 6.92 Å². The van der Waals surface area contributed by atoms with Crippen LogP contribution in [0.4, 0.5) is 0 Å². The molecular formula is C12H26O3. The molecule has 2 N–H and O–H groups in total. The molecule has 0 bridgehead atoms. The molecule has 3 nitrogen and oxygen atoms in total. The number of carboxylic acids is 1. The number of unbranched alkanes of at least 4 members (excludes halogenated alkanes) is 7. The maximum Gasteiger partial charge on any atom is 0.300 e.